The summed E-state index contributed by atoms with van der Waals surface area (Å²) in [5, 5.41) is 14.7. The molecule has 0 aliphatic rings. The van der Waals surface area contributed by atoms with E-state index < -0.39 is 4.92 Å². The normalized spacial score (nSPS) is 10.7. The maximum absolute atomic E-state index is 12.5. The molecule has 0 spiro atoms. The van der Waals surface area contributed by atoms with Gasteiger partial charge in [-0.25, -0.2) is 0 Å². The van der Waals surface area contributed by atoms with Crippen LogP contribution in [0, 0.1) is 30.9 Å². The summed E-state index contributed by atoms with van der Waals surface area (Å²) in [5.41, 5.74) is 4.80. The molecule has 0 saturated heterocycles. The maximum atomic E-state index is 12.5. The zero-order chi connectivity index (χ0) is 18.8. The van der Waals surface area contributed by atoms with E-state index in [1.807, 2.05) is 38.1 Å². The van der Waals surface area contributed by atoms with Crippen molar-refractivity contribution in [2.45, 2.75) is 27.2 Å². The van der Waals surface area contributed by atoms with Gasteiger partial charge in [-0.2, -0.15) is 0 Å². The summed E-state index contributed by atoms with van der Waals surface area (Å²) in [6.07, 6.45) is 0.164. The fraction of sp³-hybridized carbons (Fsp3) is 0.200. The number of anilines is 1. The van der Waals surface area contributed by atoms with E-state index in [9.17, 15) is 14.9 Å². The first-order chi connectivity index (χ1) is 12.4. The van der Waals surface area contributed by atoms with Gasteiger partial charge in [0.25, 0.3) is 5.69 Å². The molecule has 0 bridgehead atoms. The molecule has 0 fully saturated rings. The highest BCUT2D eigenvalue weighted by Gasteiger charge is 2.15. The van der Waals surface area contributed by atoms with Crippen LogP contribution in [0.5, 0.6) is 0 Å². The van der Waals surface area contributed by atoms with Crippen LogP contribution in [-0.4, -0.2) is 15.8 Å². The van der Waals surface area contributed by atoms with Crippen molar-refractivity contribution in [2.24, 2.45) is 0 Å². The minimum absolute atomic E-state index is 0.0503. The number of nitrogens with zero attached hydrogens (tertiary/aromatic N) is 2. The molecule has 0 aliphatic heterocycles. The largest absolute Gasteiger partial charge is 0.325 e. The van der Waals surface area contributed by atoms with Gasteiger partial charge in [-0.3, -0.25) is 19.9 Å². The number of non-ortho nitro benzene ring substituents is 1. The molecule has 132 valence electrons. The van der Waals surface area contributed by atoms with Gasteiger partial charge in [-0.15, -0.1) is 0 Å². The summed E-state index contributed by atoms with van der Waals surface area (Å²) in [4.78, 5) is 27.6. The summed E-state index contributed by atoms with van der Waals surface area (Å²) in [5.74, 6) is -0.225. The van der Waals surface area contributed by atoms with Crippen LogP contribution in [0.3, 0.4) is 0 Å². The minimum atomic E-state index is -0.476. The zero-order valence-electron chi connectivity index (χ0n) is 14.9. The second kappa shape index (κ2) is 6.92. The second-order valence-electron chi connectivity index (χ2n) is 6.30. The quantitative estimate of drug-likeness (QED) is 0.563. The number of hydrogen-bond donors (Lipinski definition) is 1. The molecule has 26 heavy (non-hydrogen) atoms. The van der Waals surface area contributed by atoms with Crippen molar-refractivity contribution in [1.82, 2.24) is 4.98 Å². The molecule has 1 N–H and O–H groups in total. The summed E-state index contributed by atoms with van der Waals surface area (Å²) in [6.45, 7) is 5.67. The molecule has 1 aromatic heterocycles. The van der Waals surface area contributed by atoms with E-state index in [1.165, 1.54) is 12.1 Å². The van der Waals surface area contributed by atoms with Crippen molar-refractivity contribution in [3.63, 3.8) is 0 Å². The Hall–Kier alpha value is -3.28. The number of benzene rings is 2. The summed E-state index contributed by atoms with van der Waals surface area (Å²) < 4.78 is 0. The Kier molecular flexibility index (Phi) is 4.67. The molecule has 0 aliphatic carbocycles. The summed E-state index contributed by atoms with van der Waals surface area (Å²) in [7, 11) is 0. The smallest absolute Gasteiger partial charge is 0.271 e. The topological polar surface area (TPSA) is 85.1 Å². The van der Waals surface area contributed by atoms with Crippen LogP contribution in [0.25, 0.3) is 10.9 Å². The molecule has 0 saturated carbocycles. The molecule has 1 heterocycles. The number of aromatic nitrogens is 1. The van der Waals surface area contributed by atoms with Gasteiger partial charge in [0.15, 0.2) is 0 Å². The lowest BCUT2D eigenvalue weighted by Gasteiger charge is -2.13. The van der Waals surface area contributed by atoms with Gasteiger partial charge in [-0.1, -0.05) is 24.3 Å². The molecular formula is C20H19N3O3. The molecule has 2 aromatic carbocycles. The number of para-hydroxylation sites is 1. The lowest BCUT2D eigenvalue weighted by molar-refractivity contribution is -0.384. The monoisotopic (exact) mass is 349 g/mol. The third-order valence-electron chi connectivity index (χ3n) is 4.53. The van der Waals surface area contributed by atoms with Crippen molar-refractivity contribution in [1.29, 1.82) is 0 Å². The number of carbonyl (C=O) groups is 1. The van der Waals surface area contributed by atoms with Crippen molar-refractivity contribution in [3.8, 4) is 0 Å². The Morgan fingerprint density at radius 2 is 1.88 bits per heavy atom. The van der Waals surface area contributed by atoms with Gasteiger partial charge in [0, 0.05) is 23.2 Å². The number of rotatable bonds is 4. The predicted octanol–water partition coefficient (Wildman–Crippen LogP) is 4.25. The van der Waals surface area contributed by atoms with E-state index in [-0.39, 0.29) is 18.0 Å². The number of hydrogen-bond acceptors (Lipinski definition) is 4. The average Bonchev–Trinajstić information content (AvgIpc) is 2.60. The molecule has 0 atom stereocenters. The number of nitro groups is 1. The van der Waals surface area contributed by atoms with E-state index in [4.69, 9.17) is 0 Å². The third-order valence-corrected chi connectivity index (χ3v) is 4.53. The number of nitro benzene ring substituents is 1. The number of nitrogens with one attached hydrogen (secondary N) is 1. The van der Waals surface area contributed by atoms with E-state index in [0.29, 0.717) is 5.69 Å². The second-order valence-corrected chi connectivity index (χ2v) is 6.30. The molecule has 3 aromatic rings. The molecule has 0 radical (unpaired) electrons. The SMILES string of the molecule is Cc1ccc([N+](=O)[O-])cc1NC(=O)Cc1c(C)nc2ccccc2c1C. The van der Waals surface area contributed by atoms with Crippen LogP contribution < -0.4 is 5.32 Å². The van der Waals surface area contributed by atoms with Crippen LogP contribution in [0.1, 0.15) is 22.4 Å². The van der Waals surface area contributed by atoms with E-state index in [0.717, 1.165) is 33.3 Å². The van der Waals surface area contributed by atoms with E-state index in [1.54, 1.807) is 13.0 Å². The number of pyridine rings is 1. The van der Waals surface area contributed by atoms with Gasteiger partial charge in [0.2, 0.25) is 5.91 Å². The minimum Gasteiger partial charge on any atom is -0.325 e. The van der Waals surface area contributed by atoms with Crippen molar-refractivity contribution >= 4 is 28.2 Å². The van der Waals surface area contributed by atoms with Gasteiger partial charge >= 0.3 is 0 Å². The highest BCUT2D eigenvalue weighted by atomic mass is 16.6. The Labute approximate surface area is 151 Å². The predicted molar refractivity (Wildman–Crippen MR) is 101 cm³/mol. The van der Waals surface area contributed by atoms with Crippen LogP contribution in [0.4, 0.5) is 11.4 Å². The fourth-order valence-corrected chi connectivity index (χ4v) is 3.04. The van der Waals surface area contributed by atoms with Gasteiger partial charge < -0.3 is 5.32 Å². The lowest BCUT2D eigenvalue weighted by atomic mass is 9.99. The average molecular weight is 349 g/mol. The highest BCUT2D eigenvalue weighted by Crippen LogP contribution is 2.25. The van der Waals surface area contributed by atoms with Crippen molar-refractivity contribution in [3.05, 3.63) is 75.0 Å². The Morgan fingerprint density at radius 3 is 2.62 bits per heavy atom. The maximum Gasteiger partial charge on any atom is 0.271 e. The fourth-order valence-electron chi connectivity index (χ4n) is 3.04. The van der Waals surface area contributed by atoms with Crippen LogP contribution in [0.2, 0.25) is 0 Å². The number of carbonyl (C=O) groups excluding carboxylic acids is 1. The first-order valence-corrected chi connectivity index (χ1v) is 8.26. The molecule has 1 amide bonds. The first-order valence-electron chi connectivity index (χ1n) is 8.26. The number of aryl methyl sites for hydroxylation is 3. The number of fused-ring (bicyclic) bond motifs is 1. The van der Waals surface area contributed by atoms with Crippen molar-refractivity contribution < 1.29 is 9.72 Å². The molecule has 6 nitrogen and oxygen atoms in total. The van der Waals surface area contributed by atoms with Gasteiger partial charge in [0.1, 0.15) is 0 Å². The molecule has 6 heteroatoms. The molecule has 3 rings (SSSR count). The summed E-state index contributed by atoms with van der Waals surface area (Å²) in [6, 6.07) is 12.3. The van der Waals surface area contributed by atoms with E-state index >= 15 is 0 Å². The zero-order valence-corrected chi connectivity index (χ0v) is 14.9. The van der Waals surface area contributed by atoms with E-state index in [2.05, 4.69) is 10.3 Å². The highest BCUT2D eigenvalue weighted by molar-refractivity contribution is 5.94. The van der Waals surface area contributed by atoms with Crippen LogP contribution >= 0.6 is 0 Å². The molecule has 0 unspecified atom stereocenters. The third kappa shape index (κ3) is 3.39. The van der Waals surface area contributed by atoms with Crippen molar-refractivity contribution in [2.75, 3.05) is 5.32 Å². The first kappa shape index (κ1) is 17.5. The summed E-state index contributed by atoms with van der Waals surface area (Å²) >= 11 is 0. The lowest BCUT2D eigenvalue weighted by Crippen LogP contribution is -2.17. The van der Waals surface area contributed by atoms with Gasteiger partial charge in [0.05, 0.1) is 22.5 Å². The van der Waals surface area contributed by atoms with Gasteiger partial charge in [-0.05, 0) is 43.5 Å². The van der Waals surface area contributed by atoms with Crippen LogP contribution in [-0.2, 0) is 11.2 Å². The van der Waals surface area contributed by atoms with Crippen LogP contribution in [0.15, 0.2) is 42.5 Å². The Bertz CT molecular complexity index is 1030. The Balaban J connectivity index is 1.88. The standard InChI is InChI=1S/C20H19N3O3/c1-12-8-9-15(23(25)26)10-19(12)22-20(24)11-17-13(2)16-6-4-5-7-18(16)21-14(17)3/h4-10H,11H2,1-3H3,(H,22,24). The molecular weight excluding hydrogens is 330 g/mol. The Morgan fingerprint density at radius 1 is 1.15 bits per heavy atom. The number of amides is 1.